The molecule has 1 aromatic carbocycles. The van der Waals surface area contributed by atoms with Crippen LogP contribution in [0.25, 0.3) is 10.9 Å². The minimum absolute atomic E-state index is 0.0250. The van der Waals surface area contributed by atoms with Crippen LogP contribution in [0.1, 0.15) is 48.2 Å². The van der Waals surface area contributed by atoms with Crippen LogP contribution in [-0.4, -0.2) is 16.1 Å². The molecule has 2 aromatic rings. The van der Waals surface area contributed by atoms with Crippen molar-refractivity contribution in [1.82, 2.24) is 4.98 Å². The third-order valence-electron chi connectivity index (χ3n) is 3.32. The fraction of sp³-hybridized carbons (Fsp3) is 0.333. The van der Waals surface area contributed by atoms with Crippen molar-refractivity contribution in [2.45, 2.75) is 33.1 Å². The summed E-state index contributed by atoms with van der Waals surface area (Å²) in [6.07, 6.45) is 0.870. The number of aromatic carboxylic acids is 1. The molecule has 0 spiro atoms. The first-order valence-electron chi connectivity index (χ1n) is 6.37. The summed E-state index contributed by atoms with van der Waals surface area (Å²) in [6, 6.07) is 5.75. The van der Waals surface area contributed by atoms with Crippen LogP contribution in [0.15, 0.2) is 23.0 Å². The molecule has 0 amide bonds. The summed E-state index contributed by atoms with van der Waals surface area (Å²) in [5.41, 5.74) is 1.75. The monoisotopic (exact) mass is 259 g/mol. The maximum atomic E-state index is 11.9. The van der Waals surface area contributed by atoms with Gasteiger partial charge in [0.05, 0.1) is 0 Å². The van der Waals surface area contributed by atoms with E-state index in [1.165, 1.54) is 0 Å². The van der Waals surface area contributed by atoms with Gasteiger partial charge in [-0.25, -0.2) is 4.79 Å². The lowest BCUT2D eigenvalue weighted by molar-refractivity contribution is 0.0693. The Labute approximate surface area is 111 Å². The van der Waals surface area contributed by atoms with Gasteiger partial charge in [-0.05, 0) is 35.6 Å². The second-order valence-electron chi connectivity index (χ2n) is 4.94. The number of carboxylic acids is 1. The predicted molar refractivity (Wildman–Crippen MR) is 75.0 cm³/mol. The highest BCUT2D eigenvalue weighted by atomic mass is 16.4. The molecule has 100 valence electrons. The molecular weight excluding hydrogens is 242 g/mol. The van der Waals surface area contributed by atoms with Gasteiger partial charge < -0.3 is 10.1 Å². The molecule has 0 aliphatic rings. The summed E-state index contributed by atoms with van der Waals surface area (Å²) in [6.45, 7) is 5.85. The first-order chi connectivity index (χ1) is 8.95. The lowest BCUT2D eigenvalue weighted by Gasteiger charge is -2.13. The summed E-state index contributed by atoms with van der Waals surface area (Å²) < 4.78 is 0. The number of nitrogens with one attached hydrogen (secondary N) is 1. The van der Waals surface area contributed by atoms with Crippen LogP contribution in [-0.2, 0) is 6.42 Å². The van der Waals surface area contributed by atoms with E-state index >= 15 is 0 Å². The Bertz CT molecular complexity index is 698. The number of hydrogen-bond acceptors (Lipinski definition) is 2. The van der Waals surface area contributed by atoms with E-state index < -0.39 is 11.5 Å². The molecule has 0 atom stereocenters. The van der Waals surface area contributed by atoms with Gasteiger partial charge in [0.1, 0.15) is 5.56 Å². The number of benzene rings is 1. The lowest BCUT2D eigenvalue weighted by Crippen LogP contribution is -2.21. The zero-order chi connectivity index (χ0) is 14.2. The van der Waals surface area contributed by atoms with Gasteiger partial charge in [-0.2, -0.15) is 0 Å². The van der Waals surface area contributed by atoms with Gasteiger partial charge in [0, 0.05) is 10.9 Å². The molecule has 0 radical (unpaired) electrons. The number of aromatic amines is 1. The summed E-state index contributed by atoms with van der Waals surface area (Å²) in [5, 5.41) is 10.1. The molecule has 2 rings (SSSR count). The van der Waals surface area contributed by atoms with Crippen LogP contribution < -0.4 is 5.56 Å². The Hall–Kier alpha value is -2.10. The average Bonchev–Trinajstić information content (AvgIpc) is 2.35. The summed E-state index contributed by atoms with van der Waals surface area (Å²) in [5.74, 6) is -1.20. The molecular formula is C15H17NO3. The molecule has 0 aliphatic heterocycles. The highest BCUT2D eigenvalue weighted by molar-refractivity contribution is 5.96. The fourth-order valence-electron chi connectivity index (χ4n) is 2.40. The van der Waals surface area contributed by atoms with Gasteiger partial charge in [-0.15, -0.1) is 0 Å². The Balaban J connectivity index is 2.96. The molecule has 0 fully saturated rings. The Morgan fingerprint density at radius 1 is 1.37 bits per heavy atom. The Morgan fingerprint density at radius 2 is 2.05 bits per heavy atom. The second kappa shape index (κ2) is 4.88. The number of hydrogen-bond donors (Lipinski definition) is 2. The zero-order valence-corrected chi connectivity index (χ0v) is 11.3. The van der Waals surface area contributed by atoms with Gasteiger partial charge in [0.2, 0.25) is 0 Å². The molecule has 2 N–H and O–H groups in total. The molecule has 0 saturated carbocycles. The van der Waals surface area contributed by atoms with E-state index in [1.807, 2.05) is 39.0 Å². The molecule has 0 aliphatic carbocycles. The van der Waals surface area contributed by atoms with Gasteiger partial charge in [0.15, 0.2) is 0 Å². The van der Waals surface area contributed by atoms with Crippen LogP contribution in [0.5, 0.6) is 0 Å². The van der Waals surface area contributed by atoms with Crippen molar-refractivity contribution >= 4 is 16.9 Å². The first kappa shape index (κ1) is 13.3. The largest absolute Gasteiger partial charge is 0.477 e. The minimum atomic E-state index is -1.17. The maximum Gasteiger partial charge on any atom is 0.341 e. The number of rotatable bonds is 3. The summed E-state index contributed by atoms with van der Waals surface area (Å²) in [7, 11) is 0. The van der Waals surface area contributed by atoms with Crippen molar-refractivity contribution in [3.8, 4) is 0 Å². The number of carboxylic acid groups (broad SMARTS) is 1. The Kier molecular flexibility index (Phi) is 3.42. The second-order valence-corrected chi connectivity index (χ2v) is 4.94. The maximum absolute atomic E-state index is 11.9. The van der Waals surface area contributed by atoms with Crippen LogP contribution in [0.3, 0.4) is 0 Å². The van der Waals surface area contributed by atoms with E-state index in [0.29, 0.717) is 11.1 Å². The smallest absolute Gasteiger partial charge is 0.341 e. The highest BCUT2D eigenvalue weighted by Gasteiger charge is 2.20. The highest BCUT2D eigenvalue weighted by Crippen LogP contribution is 2.27. The van der Waals surface area contributed by atoms with Gasteiger partial charge in [-0.3, -0.25) is 4.79 Å². The number of aromatic nitrogens is 1. The lowest BCUT2D eigenvalue weighted by atomic mass is 9.92. The average molecular weight is 259 g/mol. The zero-order valence-electron chi connectivity index (χ0n) is 11.3. The van der Waals surface area contributed by atoms with E-state index in [-0.39, 0.29) is 11.5 Å². The van der Waals surface area contributed by atoms with E-state index in [1.54, 1.807) is 0 Å². The summed E-state index contributed by atoms with van der Waals surface area (Å²) >= 11 is 0. The quantitative estimate of drug-likeness (QED) is 0.890. The van der Waals surface area contributed by atoms with Crippen molar-refractivity contribution in [2.24, 2.45) is 0 Å². The Morgan fingerprint density at radius 3 is 2.58 bits per heavy atom. The van der Waals surface area contributed by atoms with Crippen molar-refractivity contribution in [3.63, 3.8) is 0 Å². The van der Waals surface area contributed by atoms with E-state index in [9.17, 15) is 14.7 Å². The molecule has 0 unspecified atom stereocenters. The van der Waals surface area contributed by atoms with Crippen LogP contribution in [0.4, 0.5) is 0 Å². The van der Waals surface area contributed by atoms with Gasteiger partial charge >= 0.3 is 5.97 Å². The molecule has 19 heavy (non-hydrogen) atoms. The number of H-pyrrole nitrogens is 1. The molecule has 1 aromatic heterocycles. The minimum Gasteiger partial charge on any atom is -0.477 e. The van der Waals surface area contributed by atoms with Crippen LogP contribution in [0.2, 0.25) is 0 Å². The number of fused-ring (bicyclic) bond motifs is 1. The standard InChI is InChI=1S/C15H17NO3/c1-4-9-5-6-11-10(7-9)12(8(2)3)13(15(18)19)14(17)16-11/h5-8H,4H2,1-3H3,(H,16,17)(H,18,19). The van der Waals surface area contributed by atoms with Crippen molar-refractivity contribution < 1.29 is 9.90 Å². The molecule has 0 bridgehead atoms. The molecule has 0 saturated heterocycles. The van der Waals surface area contributed by atoms with Crippen molar-refractivity contribution in [1.29, 1.82) is 0 Å². The van der Waals surface area contributed by atoms with Gasteiger partial charge in [0.25, 0.3) is 5.56 Å². The third kappa shape index (κ3) is 2.26. The van der Waals surface area contributed by atoms with Crippen molar-refractivity contribution in [2.75, 3.05) is 0 Å². The van der Waals surface area contributed by atoms with Crippen LogP contribution >= 0.6 is 0 Å². The van der Waals surface area contributed by atoms with Crippen molar-refractivity contribution in [3.05, 3.63) is 45.2 Å². The van der Waals surface area contributed by atoms with E-state index in [0.717, 1.165) is 17.4 Å². The topological polar surface area (TPSA) is 70.2 Å². The summed E-state index contributed by atoms with van der Waals surface area (Å²) in [4.78, 5) is 25.9. The molecule has 1 heterocycles. The van der Waals surface area contributed by atoms with Gasteiger partial charge in [-0.1, -0.05) is 26.8 Å². The fourth-order valence-corrected chi connectivity index (χ4v) is 2.40. The number of pyridine rings is 1. The molecule has 4 nitrogen and oxygen atoms in total. The normalized spacial score (nSPS) is 11.2. The van der Waals surface area contributed by atoms with E-state index in [4.69, 9.17) is 0 Å². The molecule has 4 heteroatoms. The van der Waals surface area contributed by atoms with Crippen LogP contribution in [0, 0.1) is 0 Å². The van der Waals surface area contributed by atoms with E-state index in [2.05, 4.69) is 4.98 Å². The third-order valence-corrected chi connectivity index (χ3v) is 3.32. The number of carbonyl (C=O) groups is 1. The predicted octanol–water partition coefficient (Wildman–Crippen LogP) is 2.91. The number of aryl methyl sites for hydroxylation is 1. The first-order valence-corrected chi connectivity index (χ1v) is 6.37. The SMILES string of the molecule is CCc1ccc2[nH]c(=O)c(C(=O)O)c(C(C)C)c2c1.